The number of para-hydroxylation sites is 1. The fourth-order valence-electron chi connectivity index (χ4n) is 2.31. The number of aromatic nitrogens is 2. The molecule has 0 atom stereocenters. The normalized spacial score (nSPS) is 11.1. The van der Waals surface area contributed by atoms with Crippen LogP contribution in [0.3, 0.4) is 0 Å². The summed E-state index contributed by atoms with van der Waals surface area (Å²) in [4.78, 5) is 18.4. The monoisotopic (exact) mass is 438 g/mol. The van der Waals surface area contributed by atoms with Gasteiger partial charge in [0.2, 0.25) is 0 Å². The van der Waals surface area contributed by atoms with Gasteiger partial charge in [0.25, 0.3) is 15.9 Å². The molecule has 0 aliphatic rings. The molecule has 1 aromatic carbocycles. The Hall–Kier alpha value is -3.11. The van der Waals surface area contributed by atoms with Gasteiger partial charge in [-0.1, -0.05) is 23.7 Å². The second kappa shape index (κ2) is 8.93. The van der Waals surface area contributed by atoms with Gasteiger partial charge < -0.3 is 15.0 Å². The molecule has 3 N–H and O–H groups in total. The van der Waals surface area contributed by atoms with Crippen molar-refractivity contribution in [3.05, 3.63) is 71.5 Å². The summed E-state index contributed by atoms with van der Waals surface area (Å²) in [5.74, 6) is -0.774. The number of carbonyl (C=O) groups excluding carboxylic acids is 1. The summed E-state index contributed by atoms with van der Waals surface area (Å²) in [5.41, 5.74) is -0.157. The smallest absolute Gasteiger partial charge is 0.267 e. The van der Waals surface area contributed by atoms with Crippen molar-refractivity contribution in [2.24, 2.45) is 0 Å². The number of anilines is 1. The number of aromatic amines is 1. The van der Waals surface area contributed by atoms with E-state index in [0.29, 0.717) is 10.8 Å². The summed E-state index contributed by atoms with van der Waals surface area (Å²) in [7, 11) is -4.06. The van der Waals surface area contributed by atoms with Crippen LogP contribution >= 0.6 is 11.6 Å². The van der Waals surface area contributed by atoms with E-state index in [0.717, 1.165) is 18.3 Å². The molecule has 8 nitrogen and oxygen atoms in total. The summed E-state index contributed by atoms with van der Waals surface area (Å²) in [5, 5.41) is 3.01. The molecule has 1 amide bonds. The van der Waals surface area contributed by atoms with Crippen LogP contribution in [0.15, 0.2) is 59.9 Å². The molecule has 3 aromatic rings. The summed E-state index contributed by atoms with van der Waals surface area (Å²) in [6, 6.07) is 8.11. The van der Waals surface area contributed by atoms with Crippen LogP contribution in [0, 0.1) is 5.82 Å². The third-order valence-electron chi connectivity index (χ3n) is 3.67. The molecule has 2 heterocycles. The van der Waals surface area contributed by atoms with Gasteiger partial charge in [-0.2, -0.15) is 0 Å². The van der Waals surface area contributed by atoms with Crippen LogP contribution in [0.5, 0.6) is 5.75 Å². The number of ether oxygens (including phenoxy) is 1. The topological polar surface area (TPSA) is 113 Å². The molecule has 29 heavy (non-hydrogen) atoms. The van der Waals surface area contributed by atoms with Gasteiger partial charge >= 0.3 is 0 Å². The lowest BCUT2D eigenvalue weighted by Crippen LogP contribution is -2.28. The lowest BCUT2D eigenvalue weighted by atomic mass is 10.3. The van der Waals surface area contributed by atoms with Crippen molar-refractivity contribution >= 4 is 33.2 Å². The Kier molecular flexibility index (Phi) is 6.35. The third kappa shape index (κ3) is 5.46. The number of hydrogen-bond acceptors (Lipinski definition) is 5. The van der Waals surface area contributed by atoms with Crippen LogP contribution < -0.4 is 14.8 Å². The molecule has 11 heteroatoms. The molecule has 152 valence electrons. The Balaban J connectivity index is 1.56. The van der Waals surface area contributed by atoms with Gasteiger partial charge in [-0.05, 0) is 18.2 Å². The highest BCUT2D eigenvalue weighted by Crippen LogP contribution is 2.19. The number of sulfonamides is 1. The van der Waals surface area contributed by atoms with Gasteiger partial charge in [0.05, 0.1) is 23.5 Å². The summed E-state index contributed by atoms with van der Waals surface area (Å²) in [6.45, 7) is 0.328. The van der Waals surface area contributed by atoms with Gasteiger partial charge in [-0.3, -0.25) is 14.5 Å². The summed E-state index contributed by atoms with van der Waals surface area (Å²) >= 11 is 5.80. The number of hydrogen-bond donors (Lipinski definition) is 3. The van der Waals surface area contributed by atoms with Gasteiger partial charge in [-0.15, -0.1) is 0 Å². The lowest BCUT2D eigenvalue weighted by Gasteiger charge is -2.07. The van der Waals surface area contributed by atoms with Crippen molar-refractivity contribution in [2.75, 3.05) is 17.9 Å². The van der Waals surface area contributed by atoms with Crippen LogP contribution in [-0.4, -0.2) is 37.4 Å². The van der Waals surface area contributed by atoms with Gasteiger partial charge in [0, 0.05) is 18.5 Å². The highest BCUT2D eigenvalue weighted by Gasteiger charge is 2.19. The molecule has 0 radical (unpaired) electrons. The Labute approximate surface area is 171 Å². The molecule has 3 rings (SSSR count). The second-order valence-electron chi connectivity index (χ2n) is 5.78. The lowest BCUT2D eigenvalue weighted by molar-refractivity contribution is 0.0942. The zero-order valence-electron chi connectivity index (χ0n) is 14.9. The summed E-state index contributed by atoms with van der Waals surface area (Å²) < 4.78 is 45.9. The quantitative estimate of drug-likeness (QED) is 0.468. The summed E-state index contributed by atoms with van der Waals surface area (Å²) in [6.07, 6.45) is 4.10. The molecule has 0 saturated heterocycles. The van der Waals surface area contributed by atoms with Crippen LogP contribution in [-0.2, 0) is 10.0 Å². The first kappa shape index (κ1) is 20.6. The molecule has 2 aromatic heterocycles. The number of benzene rings is 1. The minimum Gasteiger partial charge on any atom is -0.490 e. The van der Waals surface area contributed by atoms with E-state index < -0.39 is 21.7 Å². The van der Waals surface area contributed by atoms with Crippen molar-refractivity contribution in [3.8, 4) is 5.75 Å². The average molecular weight is 439 g/mol. The van der Waals surface area contributed by atoms with Crippen molar-refractivity contribution in [3.63, 3.8) is 0 Å². The Morgan fingerprint density at radius 2 is 2.03 bits per heavy atom. The number of pyridine rings is 1. The minimum absolute atomic E-state index is 0.0309. The number of rotatable bonds is 8. The zero-order valence-corrected chi connectivity index (χ0v) is 16.4. The Morgan fingerprint density at radius 3 is 2.79 bits per heavy atom. The van der Waals surface area contributed by atoms with E-state index in [1.165, 1.54) is 30.6 Å². The highest BCUT2D eigenvalue weighted by atomic mass is 35.5. The van der Waals surface area contributed by atoms with Crippen LogP contribution in [0.1, 0.15) is 10.5 Å². The maximum atomic E-state index is 13.7. The first-order chi connectivity index (χ1) is 13.8. The van der Waals surface area contributed by atoms with Gasteiger partial charge in [0.15, 0.2) is 0 Å². The van der Waals surface area contributed by atoms with E-state index in [2.05, 4.69) is 20.0 Å². The first-order valence-electron chi connectivity index (χ1n) is 8.32. The van der Waals surface area contributed by atoms with E-state index in [1.807, 2.05) is 0 Å². The van der Waals surface area contributed by atoms with Crippen molar-refractivity contribution in [1.82, 2.24) is 15.3 Å². The fourth-order valence-corrected chi connectivity index (χ4v) is 3.53. The molecular weight excluding hydrogens is 423 g/mol. The third-order valence-corrected chi connectivity index (χ3v) is 5.22. The molecular formula is C18H16ClFN4O4S. The molecule has 0 aliphatic carbocycles. The van der Waals surface area contributed by atoms with Gasteiger partial charge in [0.1, 0.15) is 28.8 Å². The minimum atomic E-state index is -4.06. The van der Waals surface area contributed by atoms with E-state index in [4.69, 9.17) is 16.3 Å². The first-order valence-corrected chi connectivity index (χ1v) is 10.2. The number of halogens is 2. The van der Waals surface area contributed by atoms with E-state index in [1.54, 1.807) is 6.07 Å². The Morgan fingerprint density at radius 1 is 1.24 bits per heavy atom. The predicted octanol–water partition coefficient (Wildman–Crippen LogP) is 2.81. The van der Waals surface area contributed by atoms with Crippen molar-refractivity contribution in [2.45, 2.75) is 4.90 Å². The predicted molar refractivity (Wildman–Crippen MR) is 105 cm³/mol. The SMILES string of the molecule is O=C(NCCOc1cncc(Cl)c1)c1cc(S(=O)(=O)Nc2ccccc2F)c[nH]1. The zero-order chi connectivity index (χ0) is 20.9. The van der Waals surface area contributed by atoms with Crippen molar-refractivity contribution in [1.29, 1.82) is 0 Å². The molecule has 0 saturated carbocycles. The fraction of sp³-hybridized carbons (Fsp3) is 0.111. The van der Waals surface area contributed by atoms with Crippen molar-refractivity contribution < 1.29 is 22.3 Å². The van der Waals surface area contributed by atoms with Crippen LogP contribution in [0.2, 0.25) is 5.02 Å². The van der Waals surface area contributed by atoms with E-state index >= 15 is 0 Å². The number of nitrogens with one attached hydrogen (secondary N) is 3. The van der Waals surface area contributed by atoms with E-state index in [9.17, 15) is 17.6 Å². The molecule has 0 unspecified atom stereocenters. The average Bonchev–Trinajstić information content (AvgIpc) is 3.18. The van der Waals surface area contributed by atoms with Gasteiger partial charge in [-0.25, -0.2) is 12.8 Å². The molecule has 0 aliphatic heterocycles. The van der Waals surface area contributed by atoms with Crippen LogP contribution in [0.25, 0.3) is 0 Å². The maximum Gasteiger partial charge on any atom is 0.267 e. The molecule has 0 spiro atoms. The van der Waals surface area contributed by atoms with Crippen LogP contribution in [0.4, 0.5) is 10.1 Å². The number of nitrogens with zero attached hydrogens (tertiary/aromatic N) is 1. The number of carbonyl (C=O) groups is 1. The Bertz CT molecular complexity index is 1120. The molecule has 0 bridgehead atoms. The number of H-pyrrole nitrogens is 1. The highest BCUT2D eigenvalue weighted by molar-refractivity contribution is 7.92. The largest absolute Gasteiger partial charge is 0.490 e. The molecule has 0 fully saturated rings. The van der Waals surface area contributed by atoms with E-state index in [-0.39, 0.29) is 29.4 Å². The second-order valence-corrected chi connectivity index (χ2v) is 7.90. The number of amides is 1. The standard InChI is InChI=1S/C18H16ClFN4O4S/c19-12-7-13(10-21-9-12)28-6-5-22-18(25)17-8-14(11-23-17)29(26,27)24-16-4-2-1-3-15(16)20/h1-4,7-11,23-24H,5-6H2,(H,22,25). The maximum absolute atomic E-state index is 13.7.